The van der Waals surface area contributed by atoms with Gasteiger partial charge in [-0.3, -0.25) is 0 Å². The van der Waals surface area contributed by atoms with E-state index in [0.717, 1.165) is 26.2 Å². The van der Waals surface area contributed by atoms with E-state index in [0.29, 0.717) is 0 Å². The molecule has 0 bridgehead atoms. The van der Waals surface area contributed by atoms with Crippen LogP contribution in [0.25, 0.3) is 0 Å². The van der Waals surface area contributed by atoms with Crippen LogP contribution in [0, 0.1) is 0 Å². The van der Waals surface area contributed by atoms with Crippen molar-refractivity contribution in [3.8, 4) is 0 Å². The van der Waals surface area contributed by atoms with E-state index in [9.17, 15) is 4.79 Å². The molecule has 0 spiro atoms. The minimum Gasteiger partial charge on any atom is -0.320 e. The van der Waals surface area contributed by atoms with Gasteiger partial charge in [-0.25, -0.2) is 4.79 Å². The molecule has 1 saturated heterocycles. The number of carbonyl (C=O) groups excluding carboxylic acids is 1. The highest BCUT2D eigenvalue weighted by Gasteiger charge is 2.17. The van der Waals surface area contributed by atoms with Crippen molar-refractivity contribution < 1.29 is 4.79 Å². The number of nitrogens with one attached hydrogen (secondary N) is 1. The molecule has 0 unspecified atom stereocenters. The first kappa shape index (κ1) is 8.18. The van der Waals surface area contributed by atoms with E-state index in [1.807, 2.05) is 0 Å². The SMILES string of the molecule is O=C(N1CCNCC1)n1ccnn1. The van der Waals surface area contributed by atoms with Crippen molar-refractivity contribution in [3.63, 3.8) is 0 Å². The number of amides is 1. The van der Waals surface area contributed by atoms with Gasteiger partial charge in [0.15, 0.2) is 0 Å². The van der Waals surface area contributed by atoms with Gasteiger partial charge in [-0.2, -0.15) is 4.68 Å². The molecule has 1 fully saturated rings. The highest BCUT2D eigenvalue weighted by molar-refractivity contribution is 5.75. The van der Waals surface area contributed by atoms with Crippen LogP contribution in [-0.2, 0) is 0 Å². The summed E-state index contributed by atoms with van der Waals surface area (Å²) in [7, 11) is 0. The van der Waals surface area contributed by atoms with Crippen LogP contribution >= 0.6 is 0 Å². The summed E-state index contributed by atoms with van der Waals surface area (Å²) in [5.41, 5.74) is 0. The van der Waals surface area contributed by atoms with Gasteiger partial charge in [-0.05, 0) is 0 Å². The normalized spacial score (nSPS) is 17.4. The van der Waals surface area contributed by atoms with E-state index in [2.05, 4.69) is 15.6 Å². The van der Waals surface area contributed by atoms with Crippen LogP contribution < -0.4 is 5.32 Å². The summed E-state index contributed by atoms with van der Waals surface area (Å²) in [4.78, 5) is 13.4. The maximum Gasteiger partial charge on any atom is 0.346 e. The average Bonchev–Trinajstić information content (AvgIpc) is 2.71. The van der Waals surface area contributed by atoms with Gasteiger partial charge < -0.3 is 10.2 Å². The fourth-order valence-electron chi connectivity index (χ4n) is 1.31. The number of aromatic nitrogens is 3. The lowest BCUT2D eigenvalue weighted by Gasteiger charge is -2.26. The third-order valence-corrected chi connectivity index (χ3v) is 2.01. The van der Waals surface area contributed by atoms with Crippen molar-refractivity contribution in [1.82, 2.24) is 25.2 Å². The van der Waals surface area contributed by atoms with Crippen molar-refractivity contribution in [1.29, 1.82) is 0 Å². The van der Waals surface area contributed by atoms with Gasteiger partial charge in [0.1, 0.15) is 0 Å². The van der Waals surface area contributed by atoms with Crippen molar-refractivity contribution in [2.24, 2.45) is 0 Å². The molecule has 0 radical (unpaired) electrons. The van der Waals surface area contributed by atoms with Gasteiger partial charge in [0, 0.05) is 26.2 Å². The summed E-state index contributed by atoms with van der Waals surface area (Å²) in [5.74, 6) is 0. The molecule has 6 nitrogen and oxygen atoms in total. The topological polar surface area (TPSA) is 63.1 Å². The van der Waals surface area contributed by atoms with Gasteiger partial charge in [-0.15, -0.1) is 5.10 Å². The smallest absolute Gasteiger partial charge is 0.320 e. The molecule has 13 heavy (non-hydrogen) atoms. The van der Waals surface area contributed by atoms with Gasteiger partial charge in [0.05, 0.1) is 12.4 Å². The van der Waals surface area contributed by atoms with E-state index in [4.69, 9.17) is 0 Å². The van der Waals surface area contributed by atoms with Crippen LogP contribution in [0.3, 0.4) is 0 Å². The monoisotopic (exact) mass is 181 g/mol. The Labute approximate surface area is 75.5 Å². The first-order valence-corrected chi connectivity index (χ1v) is 4.24. The number of piperazine rings is 1. The van der Waals surface area contributed by atoms with Gasteiger partial charge in [0.2, 0.25) is 0 Å². The fraction of sp³-hybridized carbons (Fsp3) is 0.571. The molecule has 1 aliphatic rings. The molecule has 1 aromatic heterocycles. The minimum absolute atomic E-state index is 0.0981. The molecule has 1 aliphatic heterocycles. The lowest BCUT2D eigenvalue weighted by Crippen LogP contribution is -2.48. The van der Waals surface area contributed by atoms with Crippen molar-refractivity contribution in [2.45, 2.75) is 0 Å². The molecule has 6 heteroatoms. The highest BCUT2D eigenvalue weighted by atomic mass is 16.2. The Morgan fingerprint density at radius 3 is 2.77 bits per heavy atom. The van der Waals surface area contributed by atoms with E-state index in [-0.39, 0.29) is 6.03 Å². The quantitative estimate of drug-likeness (QED) is 0.566. The van der Waals surface area contributed by atoms with Crippen LogP contribution in [-0.4, -0.2) is 52.1 Å². The summed E-state index contributed by atoms with van der Waals surface area (Å²) >= 11 is 0. The van der Waals surface area contributed by atoms with Crippen LogP contribution in [0.1, 0.15) is 0 Å². The number of carbonyl (C=O) groups is 1. The lowest BCUT2D eigenvalue weighted by molar-refractivity contribution is 0.188. The van der Waals surface area contributed by atoms with Crippen molar-refractivity contribution in [2.75, 3.05) is 26.2 Å². The predicted octanol–water partition coefficient (Wildman–Crippen LogP) is -0.849. The minimum atomic E-state index is -0.0981. The molecule has 1 aromatic rings. The Kier molecular flexibility index (Phi) is 2.22. The zero-order valence-corrected chi connectivity index (χ0v) is 7.18. The third kappa shape index (κ3) is 1.67. The molecule has 0 aromatic carbocycles. The Morgan fingerprint density at radius 2 is 2.15 bits per heavy atom. The Balaban J connectivity index is 2.04. The van der Waals surface area contributed by atoms with E-state index in [1.54, 1.807) is 11.1 Å². The van der Waals surface area contributed by atoms with E-state index < -0.39 is 0 Å². The zero-order valence-electron chi connectivity index (χ0n) is 7.18. The largest absolute Gasteiger partial charge is 0.346 e. The molecule has 0 atom stereocenters. The summed E-state index contributed by atoms with van der Waals surface area (Å²) in [6, 6.07) is -0.0981. The van der Waals surface area contributed by atoms with Crippen LogP contribution in [0.15, 0.2) is 12.4 Å². The number of nitrogens with zero attached hydrogens (tertiary/aromatic N) is 4. The maximum absolute atomic E-state index is 11.6. The molecule has 2 heterocycles. The molecular formula is C7H11N5O. The van der Waals surface area contributed by atoms with E-state index >= 15 is 0 Å². The summed E-state index contributed by atoms with van der Waals surface area (Å²) in [6.07, 6.45) is 3.06. The standard InChI is InChI=1S/C7H11N5O/c13-7(12-6-3-9-10-12)11-4-1-8-2-5-11/h3,6,8H,1-2,4-5H2. The average molecular weight is 181 g/mol. The fourth-order valence-corrected chi connectivity index (χ4v) is 1.31. The van der Waals surface area contributed by atoms with Crippen molar-refractivity contribution in [3.05, 3.63) is 12.4 Å². The first-order valence-electron chi connectivity index (χ1n) is 4.24. The van der Waals surface area contributed by atoms with Crippen LogP contribution in [0.2, 0.25) is 0 Å². The second-order valence-corrected chi connectivity index (χ2v) is 2.87. The Bertz CT molecular complexity index is 277. The molecular weight excluding hydrogens is 170 g/mol. The second-order valence-electron chi connectivity index (χ2n) is 2.87. The van der Waals surface area contributed by atoms with E-state index in [1.165, 1.54) is 10.9 Å². The highest BCUT2D eigenvalue weighted by Crippen LogP contribution is 1.96. The molecule has 1 amide bonds. The van der Waals surface area contributed by atoms with Crippen LogP contribution in [0.5, 0.6) is 0 Å². The molecule has 1 N–H and O–H groups in total. The lowest BCUT2D eigenvalue weighted by atomic mass is 10.4. The first-order chi connectivity index (χ1) is 6.38. The number of hydrogen-bond donors (Lipinski definition) is 1. The van der Waals surface area contributed by atoms with Crippen LogP contribution in [0.4, 0.5) is 4.79 Å². The number of hydrogen-bond acceptors (Lipinski definition) is 4. The Morgan fingerprint density at radius 1 is 1.38 bits per heavy atom. The third-order valence-electron chi connectivity index (χ3n) is 2.01. The number of rotatable bonds is 0. The summed E-state index contributed by atoms with van der Waals surface area (Å²) in [5, 5.41) is 10.4. The van der Waals surface area contributed by atoms with Gasteiger partial charge in [0.25, 0.3) is 0 Å². The molecule has 0 saturated carbocycles. The Hall–Kier alpha value is -1.43. The second kappa shape index (κ2) is 3.53. The molecule has 2 rings (SSSR count). The summed E-state index contributed by atoms with van der Waals surface area (Å²) < 4.78 is 1.26. The maximum atomic E-state index is 11.6. The molecule has 70 valence electrons. The molecule has 0 aliphatic carbocycles. The summed E-state index contributed by atoms with van der Waals surface area (Å²) in [6.45, 7) is 3.16. The zero-order chi connectivity index (χ0) is 9.10. The predicted molar refractivity (Wildman–Crippen MR) is 45.3 cm³/mol. The van der Waals surface area contributed by atoms with Crippen molar-refractivity contribution >= 4 is 6.03 Å². The van der Waals surface area contributed by atoms with Gasteiger partial charge in [-0.1, -0.05) is 5.21 Å². The van der Waals surface area contributed by atoms with Gasteiger partial charge >= 0.3 is 6.03 Å².